The molecule has 1 aromatic carbocycles. The number of hydrogen-bond acceptors (Lipinski definition) is 1. The van der Waals surface area contributed by atoms with E-state index in [1.807, 2.05) is 0 Å². The zero-order valence-corrected chi connectivity index (χ0v) is 7.47. The van der Waals surface area contributed by atoms with Gasteiger partial charge in [0, 0.05) is 11.6 Å². The Kier molecular flexibility index (Phi) is 2.03. The Morgan fingerprint density at radius 2 is 1.87 bits per heavy atom. The summed E-state index contributed by atoms with van der Waals surface area (Å²) in [6.07, 6.45) is -3.22. The predicted molar refractivity (Wildman–Crippen MR) is 49.5 cm³/mol. The molecule has 0 aliphatic heterocycles. The molecule has 0 amide bonds. The topological polar surface area (TPSA) is 36.7 Å². The number of hydrogen-bond donors (Lipinski definition) is 0. The molecule has 0 aliphatic rings. The molecule has 2 nitrogen and oxygen atoms in total. The highest BCUT2D eigenvalue weighted by Crippen LogP contribution is 2.35. The quantitative estimate of drug-likeness (QED) is 0.659. The molecule has 0 spiro atoms. The summed E-state index contributed by atoms with van der Waals surface area (Å²) in [6, 6.07) is 5.07. The van der Waals surface area contributed by atoms with Gasteiger partial charge < -0.3 is 5.73 Å². The number of alkyl halides is 3. The molecule has 5 heteroatoms. The third-order valence-electron chi connectivity index (χ3n) is 2.08. The standard InChI is InChI=1S/C10H6F3N2/c11-10(12,13)7-3-1-2-6-8(14)4-5-15-9(6)7/h1-5,14H. The molecule has 1 aromatic heterocycles. The van der Waals surface area contributed by atoms with Crippen LogP contribution in [0.3, 0.4) is 0 Å². The van der Waals surface area contributed by atoms with Crippen LogP contribution >= 0.6 is 0 Å². The van der Waals surface area contributed by atoms with Gasteiger partial charge in [0.25, 0.3) is 0 Å². The summed E-state index contributed by atoms with van der Waals surface area (Å²) in [6.45, 7) is 0. The maximum Gasteiger partial charge on any atom is 0.418 e. The lowest BCUT2D eigenvalue weighted by Crippen LogP contribution is -2.06. The number of aromatic nitrogens is 1. The van der Waals surface area contributed by atoms with Crippen molar-refractivity contribution in [2.75, 3.05) is 0 Å². The largest absolute Gasteiger partial charge is 0.418 e. The van der Waals surface area contributed by atoms with Crippen LogP contribution in [0.4, 0.5) is 18.9 Å². The van der Waals surface area contributed by atoms with Crippen molar-refractivity contribution >= 4 is 16.6 Å². The summed E-state index contributed by atoms with van der Waals surface area (Å²) < 4.78 is 37.6. The number of fused-ring (bicyclic) bond motifs is 1. The molecule has 77 valence electrons. The van der Waals surface area contributed by atoms with Crippen LogP contribution in [-0.4, -0.2) is 4.98 Å². The summed E-state index contributed by atoms with van der Waals surface area (Å²) in [4.78, 5) is 3.67. The number of para-hydroxylation sites is 1. The van der Waals surface area contributed by atoms with Gasteiger partial charge in [-0.2, -0.15) is 13.2 Å². The second-order valence-corrected chi connectivity index (χ2v) is 3.06. The van der Waals surface area contributed by atoms with Gasteiger partial charge in [0.05, 0.1) is 16.8 Å². The van der Waals surface area contributed by atoms with Gasteiger partial charge >= 0.3 is 6.18 Å². The van der Waals surface area contributed by atoms with Gasteiger partial charge in [0.1, 0.15) is 0 Å². The van der Waals surface area contributed by atoms with Crippen LogP contribution in [0.25, 0.3) is 10.9 Å². The van der Waals surface area contributed by atoms with E-state index in [0.29, 0.717) is 0 Å². The number of rotatable bonds is 0. The minimum atomic E-state index is -4.43. The maximum absolute atomic E-state index is 12.5. The van der Waals surface area contributed by atoms with E-state index in [9.17, 15) is 13.2 Å². The lowest BCUT2D eigenvalue weighted by atomic mass is 10.1. The van der Waals surface area contributed by atoms with Crippen LogP contribution in [0.5, 0.6) is 0 Å². The molecular formula is C10H6F3N2. The second kappa shape index (κ2) is 3.12. The molecule has 1 radical (unpaired) electrons. The van der Waals surface area contributed by atoms with Gasteiger partial charge in [-0.1, -0.05) is 12.1 Å². The Bertz CT molecular complexity index is 505. The lowest BCUT2D eigenvalue weighted by molar-refractivity contribution is -0.136. The Balaban J connectivity index is 2.83. The highest BCUT2D eigenvalue weighted by atomic mass is 19.4. The molecule has 0 fully saturated rings. The second-order valence-electron chi connectivity index (χ2n) is 3.06. The number of benzene rings is 1. The van der Waals surface area contributed by atoms with Crippen molar-refractivity contribution in [1.29, 1.82) is 0 Å². The van der Waals surface area contributed by atoms with E-state index < -0.39 is 11.7 Å². The molecule has 0 saturated heterocycles. The molecule has 0 saturated carbocycles. The molecule has 0 unspecified atom stereocenters. The van der Waals surface area contributed by atoms with E-state index in [2.05, 4.69) is 4.98 Å². The van der Waals surface area contributed by atoms with E-state index in [0.717, 1.165) is 6.07 Å². The number of halogens is 3. The zero-order valence-electron chi connectivity index (χ0n) is 7.47. The van der Waals surface area contributed by atoms with Crippen molar-refractivity contribution in [3.8, 4) is 0 Å². The van der Waals surface area contributed by atoms with E-state index in [4.69, 9.17) is 5.73 Å². The number of pyridine rings is 1. The highest BCUT2D eigenvalue weighted by Gasteiger charge is 2.33. The smallest absolute Gasteiger partial charge is 0.300 e. The van der Waals surface area contributed by atoms with Crippen molar-refractivity contribution in [3.05, 3.63) is 36.0 Å². The molecule has 0 atom stereocenters. The first-order chi connectivity index (χ1) is 7.00. The van der Waals surface area contributed by atoms with E-state index in [-0.39, 0.29) is 16.6 Å². The van der Waals surface area contributed by atoms with E-state index in [1.54, 1.807) is 0 Å². The summed E-state index contributed by atoms with van der Waals surface area (Å²) in [5.41, 5.74) is 6.54. The van der Waals surface area contributed by atoms with E-state index in [1.165, 1.54) is 24.4 Å². The van der Waals surface area contributed by atoms with Crippen molar-refractivity contribution in [2.45, 2.75) is 6.18 Å². The van der Waals surface area contributed by atoms with Crippen molar-refractivity contribution < 1.29 is 13.2 Å². The molecule has 0 aliphatic carbocycles. The average Bonchev–Trinajstić information content (AvgIpc) is 2.16. The minimum Gasteiger partial charge on any atom is -0.300 e. The zero-order chi connectivity index (χ0) is 11.1. The molecule has 2 aromatic rings. The Morgan fingerprint density at radius 3 is 2.53 bits per heavy atom. The summed E-state index contributed by atoms with van der Waals surface area (Å²) in [5, 5.41) is 0.215. The minimum absolute atomic E-state index is 0.0473. The summed E-state index contributed by atoms with van der Waals surface area (Å²) in [7, 11) is 0. The molecule has 1 heterocycles. The molecule has 2 rings (SSSR count). The first-order valence-corrected chi connectivity index (χ1v) is 4.16. The third-order valence-corrected chi connectivity index (χ3v) is 2.08. The van der Waals surface area contributed by atoms with Gasteiger partial charge in [-0.05, 0) is 12.1 Å². The summed E-state index contributed by atoms with van der Waals surface area (Å²) in [5.74, 6) is 0. The fourth-order valence-electron chi connectivity index (χ4n) is 1.40. The summed E-state index contributed by atoms with van der Waals surface area (Å²) >= 11 is 0. The van der Waals surface area contributed by atoms with Crippen LogP contribution in [0.15, 0.2) is 30.5 Å². The van der Waals surface area contributed by atoms with Gasteiger partial charge in [-0.3, -0.25) is 4.98 Å². The van der Waals surface area contributed by atoms with Crippen molar-refractivity contribution in [1.82, 2.24) is 10.7 Å². The Labute approximate surface area is 83.5 Å². The van der Waals surface area contributed by atoms with Gasteiger partial charge in [-0.25, -0.2) is 0 Å². The van der Waals surface area contributed by atoms with Crippen LogP contribution in [0, 0.1) is 0 Å². The van der Waals surface area contributed by atoms with Crippen LogP contribution in [0.1, 0.15) is 5.56 Å². The Morgan fingerprint density at radius 1 is 1.13 bits per heavy atom. The number of nitrogens with zero attached hydrogens (tertiary/aromatic N) is 1. The number of nitrogens with one attached hydrogen (secondary N) is 1. The molecule has 1 N–H and O–H groups in total. The van der Waals surface area contributed by atoms with Crippen LogP contribution in [0.2, 0.25) is 0 Å². The van der Waals surface area contributed by atoms with E-state index >= 15 is 0 Å². The van der Waals surface area contributed by atoms with Crippen molar-refractivity contribution in [2.24, 2.45) is 0 Å². The molecule has 15 heavy (non-hydrogen) atoms. The average molecular weight is 211 g/mol. The predicted octanol–water partition coefficient (Wildman–Crippen LogP) is 3.17. The molecular weight excluding hydrogens is 205 g/mol. The fourth-order valence-corrected chi connectivity index (χ4v) is 1.40. The maximum atomic E-state index is 12.5. The van der Waals surface area contributed by atoms with Gasteiger partial charge in [-0.15, -0.1) is 0 Å². The van der Waals surface area contributed by atoms with Crippen molar-refractivity contribution in [3.63, 3.8) is 0 Å². The lowest BCUT2D eigenvalue weighted by Gasteiger charge is -2.09. The third kappa shape index (κ3) is 1.60. The van der Waals surface area contributed by atoms with Crippen LogP contribution in [-0.2, 0) is 6.18 Å². The monoisotopic (exact) mass is 211 g/mol. The normalized spacial score (nSPS) is 11.9. The van der Waals surface area contributed by atoms with Gasteiger partial charge in [0.15, 0.2) is 0 Å². The first-order valence-electron chi connectivity index (χ1n) is 4.16. The van der Waals surface area contributed by atoms with Crippen LogP contribution < -0.4 is 5.73 Å². The first kappa shape index (κ1) is 9.76. The highest BCUT2D eigenvalue weighted by molar-refractivity contribution is 5.91. The van der Waals surface area contributed by atoms with Gasteiger partial charge in [0.2, 0.25) is 0 Å². The molecule has 0 bridgehead atoms. The Hall–Kier alpha value is -1.78. The SMILES string of the molecule is [NH]c1ccnc2c(C(F)(F)F)cccc12. The fraction of sp³-hybridized carbons (Fsp3) is 0.100.